The van der Waals surface area contributed by atoms with Crippen LogP contribution >= 0.6 is 0 Å². The Kier molecular flexibility index (Phi) is 2.25. The molecular formula is C19H14O. The maximum atomic E-state index is 10.1. The lowest BCUT2D eigenvalue weighted by atomic mass is 9.92. The number of phenolic OH excluding ortho intramolecular Hbond substituents is 1. The van der Waals surface area contributed by atoms with Gasteiger partial charge >= 0.3 is 0 Å². The van der Waals surface area contributed by atoms with Crippen LogP contribution in [0.15, 0.2) is 61.2 Å². The monoisotopic (exact) mass is 258 g/mol. The Morgan fingerprint density at radius 1 is 0.850 bits per heavy atom. The van der Waals surface area contributed by atoms with Crippen LogP contribution in [0.3, 0.4) is 0 Å². The van der Waals surface area contributed by atoms with Gasteiger partial charge in [-0.2, -0.15) is 0 Å². The van der Waals surface area contributed by atoms with Crippen molar-refractivity contribution in [2.45, 2.75) is 6.42 Å². The SMILES string of the molecule is C=CCc1cc2ccc3ccc(O)c4ccc(c1)c2c34. The lowest BCUT2D eigenvalue weighted by Gasteiger charge is -2.12. The van der Waals surface area contributed by atoms with Crippen molar-refractivity contribution < 1.29 is 5.11 Å². The maximum Gasteiger partial charge on any atom is 0.123 e. The van der Waals surface area contributed by atoms with Gasteiger partial charge in [-0.1, -0.05) is 48.5 Å². The molecule has 1 nitrogen and oxygen atoms in total. The first-order valence-corrected chi connectivity index (χ1v) is 6.78. The molecule has 0 heterocycles. The number of aromatic hydroxyl groups is 1. The van der Waals surface area contributed by atoms with Crippen LogP contribution in [0.2, 0.25) is 0 Å². The van der Waals surface area contributed by atoms with Gasteiger partial charge in [0, 0.05) is 10.8 Å². The minimum Gasteiger partial charge on any atom is -0.507 e. The molecule has 4 aromatic rings. The highest BCUT2D eigenvalue weighted by molar-refractivity contribution is 6.24. The zero-order valence-corrected chi connectivity index (χ0v) is 11.1. The van der Waals surface area contributed by atoms with Crippen LogP contribution in [-0.2, 0) is 6.42 Å². The second-order valence-corrected chi connectivity index (χ2v) is 5.27. The molecule has 0 bridgehead atoms. The lowest BCUT2D eigenvalue weighted by molar-refractivity contribution is 0.482. The Labute approximate surface area is 117 Å². The van der Waals surface area contributed by atoms with Gasteiger partial charge in [-0.05, 0) is 39.6 Å². The van der Waals surface area contributed by atoms with E-state index in [9.17, 15) is 5.11 Å². The summed E-state index contributed by atoms with van der Waals surface area (Å²) in [5.74, 6) is 0.349. The highest BCUT2D eigenvalue weighted by Crippen LogP contribution is 2.38. The Bertz CT molecular complexity index is 931. The van der Waals surface area contributed by atoms with Crippen LogP contribution in [0.25, 0.3) is 32.3 Å². The number of allylic oxidation sites excluding steroid dienone is 1. The van der Waals surface area contributed by atoms with Crippen LogP contribution in [0.1, 0.15) is 5.56 Å². The number of phenols is 1. The maximum absolute atomic E-state index is 10.1. The molecule has 0 saturated heterocycles. The molecule has 0 amide bonds. The zero-order chi connectivity index (χ0) is 13.7. The highest BCUT2D eigenvalue weighted by Gasteiger charge is 2.10. The molecule has 1 N–H and O–H groups in total. The highest BCUT2D eigenvalue weighted by atomic mass is 16.3. The molecular weight excluding hydrogens is 244 g/mol. The van der Waals surface area contributed by atoms with E-state index < -0.39 is 0 Å². The molecule has 96 valence electrons. The predicted octanol–water partition coefficient (Wildman–Crippen LogP) is 5.02. The molecule has 1 heteroatoms. The fourth-order valence-corrected chi connectivity index (χ4v) is 3.15. The summed E-state index contributed by atoms with van der Waals surface area (Å²) in [6.45, 7) is 3.81. The second-order valence-electron chi connectivity index (χ2n) is 5.27. The summed E-state index contributed by atoms with van der Waals surface area (Å²) >= 11 is 0. The third kappa shape index (κ3) is 1.44. The normalized spacial score (nSPS) is 11.6. The summed E-state index contributed by atoms with van der Waals surface area (Å²) in [7, 11) is 0. The van der Waals surface area contributed by atoms with Crippen molar-refractivity contribution in [2.24, 2.45) is 0 Å². The van der Waals surface area contributed by atoms with E-state index in [2.05, 4.69) is 36.9 Å². The molecule has 4 rings (SSSR count). The first-order chi connectivity index (χ1) is 9.78. The standard InChI is InChI=1S/C19H14O/c1-2-3-12-10-14-5-4-13-7-9-17(20)16-8-6-15(11-12)18(14)19(13)16/h2,4-11,20H,1,3H2. The molecule has 20 heavy (non-hydrogen) atoms. The Morgan fingerprint density at radius 3 is 2.25 bits per heavy atom. The van der Waals surface area contributed by atoms with Crippen molar-refractivity contribution in [3.05, 3.63) is 66.7 Å². The number of rotatable bonds is 2. The van der Waals surface area contributed by atoms with E-state index in [1.165, 1.54) is 27.1 Å². The molecule has 4 aromatic carbocycles. The number of benzene rings is 4. The summed E-state index contributed by atoms with van der Waals surface area (Å²) in [5, 5.41) is 17.0. The molecule has 0 aliphatic rings. The van der Waals surface area contributed by atoms with Crippen molar-refractivity contribution in [2.75, 3.05) is 0 Å². The van der Waals surface area contributed by atoms with Gasteiger partial charge < -0.3 is 5.11 Å². The van der Waals surface area contributed by atoms with Gasteiger partial charge in [0.05, 0.1) is 0 Å². The van der Waals surface area contributed by atoms with Gasteiger partial charge in [0.2, 0.25) is 0 Å². The Hall–Kier alpha value is -2.54. The van der Waals surface area contributed by atoms with E-state index in [-0.39, 0.29) is 0 Å². The average Bonchev–Trinajstić information content (AvgIpc) is 2.46. The van der Waals surface area contributed by atoms with Crippen LogP contribution in [0.4, 0.5) is 0 Å². The summed E-state index contributed by atoms with van der Waals surface area (Å²) in [6.07, 6.45) is 2.81. The molecule has 0 fully saturated rings. The Balaban J connectivity index is 2.25. The minimum atomic E-state index is 0.349. The number of hydrogen-bond acceptors (Lipinski definition) is 1. The second kappa shape index (κ2) is 3.97. The van der Waals surface area contributed by atoms with Crippen molar-refractivity contribution in [1.29, 1.82) is 0 Å². The fraction of sp³-hybridized carbons (Fsp3) is 0.0526. The topological polar surface area (TPSA) is 20.2 Å². The summed E-state index contributed by atoms with van der Waals surface area (Å²) < 4.78 is 0. The van der Waals surface area contributed by atoms with Crippen LogP contribution in [0.5, 0.6) is 5.75 Å². The van der Waals surface area contributed by atoms with Crippen LogP contribution in [-0.4, -0.2) is 5.11 Å². The Morgan fingerprint density at radius 2 is 1.50 bits per heavy atom. The summed E-state index contributed by atoms with van der Waals surface area (Å²) in [5.41, 5.74) is 1.27. The van der Waals surface area contributed by atoms with Gasteiger partial charge in [0.15, 0.2) is 0 Å². The first kappa shape index (κ1) is 11.3. The smallest absolute Gasteiger partial charge is 0.123 e. The van der Waals surface area contributed by atoms with Gasteiger partial charge in [-0.25, -0.2) is 0 Å². The average molecular weight is 258 g/mol. The molecule has 0 saturated carbocycles. The minimum absolute atomic E-state index is 0.349. The summed E-state index contributed by atoms with van der Waals surface area (Å²) in [6, 6.07) is 16.6. The van der Waals surface area contributed by atoms with Gasteiger partial charge in [0.25, 0.3) is 0 Å². The largest absolute Gasteiger partial charge is 0.507 e. The van der Waals surface area contributed by atoms with Crippen LogP contribution < -0.4 is 0 Å². The van der Waals surface area contributed by atoms with Gasteiger partial charge in [0.1, 0.15) is 5.75 Å². The van der Waals surface area contributed by atoms with E-state index in [4.69, 9.17) is 0 Å². The van der Waals surface area contributed by atoms with E-state index in [0.717, 1.165) is 17.2 Å². The molecule has 0 atom stereocenters. The molecule has 0 spiro atoms. The van der Waals surface area contributed by atoms with Crippen molar-refractivity contribution >= 4 is 32.3 Å². The lowest BCUT2D eigenvalue weighted by Crippen LogP contribution is -1.87. The van der Waals surface area contributed by atoms with Gasteiger partial charge in [-0.15, -0.1) is 6.58 Å². The fourth-order valence-electron chi connectivity index (χ4n) is 3.15. The van der Waals surface area contributed by atoms with E-state index in [1.807, 2.05) is 18.2 Å². The third-order valence-electron chi connectivity index (χ3n) is 4.02. The zero-order valence-electron chi connectivity index (χ0n) is 11.1. The molecule has 0 unspecified atom stereocenters. The van der Waals surface area contributed by atoms with Crippen molar-refractivity contribution in [1.82, 2.24) is 0 Å². The molecule has 0 radical (unpaired) electrons. The van der Waals surface area contributed by atoms with E-state index in [0.29, 0.717) is 5.75 Å². The quantitative estimate of drug-likeness (QED) is 0.395. The van der Waals surface area contributed by atoms with Crippen molar-refractivity contribution in [3.63, 3.8) is 0 Å². The van der Waals surface area contributed by atoms with E-state index in [1.54, 1.807) is 6.07 Å². The van der Waals surface area contributed by atoms with Gasteiger partial charge in [-0.3, -0.25) is 0 Å². The summed E-state index contributed by atoms with van der Waals surface area (Å²) in [4.78, 5) is 0. The van der Waals surface area contributed by atoms with E-state index >= 15 is 0 Å². The molecule has 0 aliphatic carbocycles. The number of hydrogen-bond donors (Lipinski definition) is 1. The third-order valence-corrected chi connectivity index (χ3v) is 4.02. The molecule has 0 aromatic heterocycles. The molecule has 0 aliphatic heterocycles. The first-order valence-electron chi connectivity index (χ1n) is 6.78. The van der Waals surface area contributed by atoms with Crippen LogP contribution in [0, 0.1) is 0 Å². The van der Waals surface area contributed by atoms with Crippen molar-refractivity contribution in [3.8, 4) is 5.75 Å². The predicted molar refractivity (Wildman–Crippen MR) is 85.7 cm³/mol.